The van der Waals surface area contributed by atoms with E-state index < -0.39 is 11.9 Å². The predicted octanol–water partition coefficient (Wildman–Crippen LogP) is -3.08. The second kappa shape index (κ2) is 6.01. The number of aromatic nitrogens is 1. The van der Waals surface area contributed by atoms with Crippen molar-refractivity contribution in [2.24, 2.45) is 5.73 Å². The Hall–Kier alpha value is -0.700. The summed E-state index contributed by atoms with van der Waals surface area (Å²) >= 11 is 3.13. The normalized spacial score (nSPS) is 9.13. The number of aromatic carboxylic acids is 1. The van der Waals surface area contributed by atoms with Crippen LogP contribution in [0.1, 0.15) is 10.4 Å². The molecule has 1 amide bonds. The Morgan fingerprint density at radius 1 is 1.47 bits per heavy atom. The van der Waals surface area contributed by atoms with Gasteiger partial charge in [-0.05, 0) is 22.0 Å². The predicted molar refractivity (Wildman–Crippen MR) is 50.5 cm³/mol. The molecule has 0 bridgehead atoms. The first-order chi connectivity index (χ1) is 6.49. The van der Waals surface area contributed by atoms with E-state index in [4.69, 9.17) is 10.8 Å². The number of carboxylic acids is 1. The third-order valence-electron chi connectivity index (χ3n) is 1.47. The Bertz CT molecular complexity index is 397. The molecule has 1 aromatic heterocycles. The third kappa shape index (κ3) is 4.56. The smallest absolute Gasteiger partial charge is 0.341 e. The number of halogens is 2. The van der Waals surface area contributed by atoms with Crippen LogP contribution in [0.2, 0.25) is 0 Å². The van der Waals surface area contributed by atoms with Crippen LogP contribution in [0, 0.1) is 0 Å². The molecule has 0 aliphatic heterocycles. The van der Waals surface area contributed by atoms with Crippen LogP contribution in [0.5, 0.6) is 0 Å². The van der Waals surface area contributed by atoms with E-state index in [0.29, 0.717) is 4.47 Å². The number of nitrogens with two attached hydrogens (primary N) is 1. The molecule has 0 fully saturated rings. The first-order valence-corrected chi connectivity index (χ1v) is 4.49. The Morgan fingerprint density at radius 3 is 2.53 bits per heavy atom. The summed E-state index contributed by atoms with van der Waals surface area (Å²) in [5.41, 5.74) is 5.08. The van der Waals surface area contributed by atoms with Gasteiger partial charge in [0, 0.05) is 0 Å². The van der Waals surface area contributed by atoms with E-state index in [-0.39, 0.29) is 36.1 Å². The summed E-state index contributed by atoms with van der Waals surface area (Å²) in [6.45, 7) is -0.0419. The summed E-state index contributed by atoms with van der Waals surface area (Å²) in [5.74, 6) is -1.58. The largest absolute Gasteiger partial charge is 1.00 e. The number of hydrogen-bond donors (Lipinski definition) is 2. The van der Waals surface area contributed by atoms with Crippen molar-refractivity contribution in [2.45, 2.75) is 6.54 Å². The van der Waals surface area contributed by atoms with Crippen LogP contribution in [0.3, 0.4) is 0 Å². The zero-order valence-electron chi connectivity index (χ0n) is 7.48. The van der Waals surface area contributed by atoms with Crippen LogP contribution in [-0.4, -0.2) is 17.0 Å². The molecule has 0 aliphatic rings. The molecule has 0 saturated carbocycles. The second-order valence-electron chi connectivity index (χ2n) is 2.69. The number of amides is 1. The minimum atomic E-state index is -1.05. The van der Waals surface area contributed by atoms with Crippen LogP contribution in [0.4, 0.5) is 0 Å². The van der Waals surface area contributed by atoms with Gasteiger partial charge in [0.2, 0.25) is 6.54 Å². The van der Waals surface area contributed by atoms with Crippen molar-refractivity contribution in [2.75, 3.05) is 0 Å². The molecule has 1 aromatic rings. The number of carboxylic acid groups (broad SMARTS) is 1. The summed E-state index contributed by atoms with van der Waals surface area (Å²) in [7, 11) is 0. The van der Waals surface area contributed by atoms with E-state index in [1.54, 1.807) is 6.20 Å². The highest BCUT2D eigenvalue weighted by molar-refractivity contribution is 9.10. The maximum absolute atomic E-state index is 10.6. The summed E-state index contributed by atoms with van der Waals surface area (Å²) < 4.78 is 1.99. The number of carbonyl (C=O) groups excluding carboxylic acids is 1. The molecule has 0 spiro atoms. The van der Waals surface area contributed by atoms with Crippen molar-refractivity contribution < 1.29 is 43.2 Å². The van der Waals surface area contributed by atoms with Gasteiger partial charge in [0.15, 0.2) is 12.4 Å². The highest BCUT2D eigenvalue weighted by Gasteiger charge is 2.13. The number of nitrogens with zero attached hydrogens (tertiary/aromatic N) is 1. The highest BCUT2D eigenvalue weighted by atomic mass is 127. The van der Waals surface area contributed by atoms with Crippen LogP contribution in [-0.2, 0) is 11.3 Å². The van der Waals surface area contributed by atoms with E-state index in [2.05, 4.69) is 15.9 Å². The van der Waals surface area contributed by atoms with Crippen LogP contribution in [0.25, 0.3) is 0 Å². The molecule has 0 radical (unpaired) electrons. The molecule has 5 nitrogen and oxygen atoms in total. The maximum Gasteiger partial charge on any atom is 0.341 e. The molecule has 0 unspecified atom stereocenters. The second-order valence-corrected chi connectivity index (χ2v) is 3.60. The molecule has 1 heterocycles. The quantitative estimate of drug-likeness (QED) is 0.427. The average Bonchev–Trinajstić information content (AvgIpc) is 2.01. The number of carbonyl (C=O) groups is 2. The Labute approximate surface area is 111 Å². The molecule has 0 aliphatic carbocycles. The van der Waals surface area contributed by atoms with Crippen LogP contribution >= 0.6 is 15.9 Å². The molecule has 0 saturated heterocycles. The zero-order valence-corrected chi connectivity index (χ0v) is 11.2. The van der Waals surface area contributed by atoms with E-state index in [0.717, 1.165) is 0 Å². The lowest BCUT2D eigenvalue weighted by Gasteiger charge is -1.96. The zero-order chi connectivity index (χ0) is 10.7. The van der Waals surface area contributed by atoms with E-state index >= 15 is 0 Å². The van der Waals surface area contributed by atoms with E-state index in [1.807, 2.05) is 0 Å². The molecular formula is C8H8BrIN2O3. The Balaban J connectivity index is 0.00000196. The van der Waals surface area contributed by atoms with Crippen LogP contribution in [0.15, 0.2) is 22.9 Å². The lowest BCUT2D eigenvalue weighted by Crippen LogP contribution is -3.00. The standard InChI is InChI=1S/C8H7BrN2O3.HI/c9-6-1-5(8(13)14)2-11(3-6)4-7(10)12;/h1-3H,4H2,(H2-,10,12,13,14);1H. The Morgan fingerprint density at radius 2 is 2.07 bits per heavy atom. The van der Waals surface area contributed by atoms with Crippen molar-refractivity contribution in [1.29, 1.82) is 0 Å². The minimum absolute atomic E-state index is 0. The molecule has 0 atom stereocenters. The number of primary amides is 1. The van der Waals surface area contributed by atoms with Gasteiger partial charge < -0.3 is 34.8 Å². The van der Waals surface area contributed by atoms with Gasteiger partial charge in [-0.1, -0.05) is 0 Å². The summed E-state index contributed by atoms with van der Waals surface area (Å²) in [6, 6.07) is 1.44. The summed E-state index contributed by atoms with van der Waals surface area (Å²) in [6.07, 6.45) is 2.93. The molecular weight excluding hydrogens is 379 g/mol. The van der Waals surface area contributed by atoms with E-state index in [9.17, 15) is 9.59 Å². The lowest BCUT2D eigenvalue weighted by atomic mass is 10.3. The fourth-order valence-electron chi connectivity index (χ4n) is 0.986. The topological polar surface area (TPSA) is 84.3 Å². The molecule has 0 aromatic carbocycles. The van der Waals surface area contributed by atoms with Gasteiger partial charge in [0.1, 0.15) is 5.56 Å². The fraction of sp³-hybridized carbons (Fsp3) is 0.125. The fourth-order valence-corrected chi connectivity index (χ4v) is 1.50. The van der Waals surface area contributed by atoms with Gasteiger partial charge in [-0.3, -0.25) is 4.79 Å². The van der Waals surface area contributed by atoms with Gasteiger partial charge in [-0.15, -0.1) is 0 Å². The van der Waals surface area contributed by atoms with Crippen molar-refractivity contribution in [3.8, 4) is 0 Å². The number of pyridine rings is 1. The molecule has 15 heavy (non-hydrogen) atoms. The third-order valence-corrected chi connectivity index (χ3v) is 1.91. The van der Waals surface area contributed by atoms with Gasteiger partial charge in [0.25, 0.3) is 5.91 Å². The molecule has 1 rings (SSSR count). The summed E-state index contributed by atoms with van der Waals surface area (Å²) in [5, 5.41) is 8.72. The number of rotatable bonds is 3. The first kappa shape index (κ1) is 14.3. The van der Waals surface area contributed by atoms with Crippen molar-refractivity contribution in [3.05, 3.63) is 28.5 Å². The van der Waals surface area contributed by atoms with Gasteiger partial charge in [-0.2, -0.15) is 4.57 Å². The van der Waals surface area contributed by atoms with Crippen molar-refractivity contribution >= 4 is 27.8 Å². The highest BCUT2D eigenvalue weighted by Crippen LogP contribution is 2.08. The van der Waals surface area contributed by atoms with Gasteiger partial charge >= 0.3 is 5.97 Å². The maximum atomic E-state index is 10.6. The Kier molecular flexibility index (Phi) is 5.73. The van der Waals surface area contributed by atoms with Gasteiger partial charge in [0.05, 0.1) is 4.47 Å². The molecule has 7 heteroatoms. The van der Waals surface area contributed by atoms with Gasteiger partial charge in [-0.25, -0.2) is 4.79 Å². The SMILES string of the molecule is NC(=O)C[n+]1cc(Br)cc(C(=O)O)c1.[I-]. The lowest BCUT2D eigenvalue weighted by molar-refractivity contribution is -0.684. The minimum Gasteiger partial charge on any atom is -1.00 e. The monoisotopic (exact) mass is 386 g/mol. The van der Waals surface area contributed by atoms with Crippen molar-refractivity contribution in [3.63, 3.8) is 0 Å². The molecule has 3 N–H and O–H groups in total. The first-order valence-electron chi connectivity index (χ1n) is 3.70. The van der Waals surface area contributed by atoms with E-state index in [1.165, 1.54) is 16.8 Å². The van der Waals surface area contributed by atoms with Crippen LogP contribution < -0.4 is 34.3 Å². The molecule has 82 valence electrons. The number of hydrogen-bond acceptors (Lipinski definition) is 2. The summed E-state index contributed by atoms with van der Waals surface area (Å²) in [4.78, 5) is 21.2. The average molecular weight is 387 g/mol. The van der Waals surface area contributed by atoms with Crippen molar-refractivity contribution in [1.82, 2.24) is 0 Å².